The Morgan fingerprint density at radius 3 is 2.53 bits per heavy atom. The van der Waals surface area contributed by atoms with E-state index in [9.17, 15) is 0 Å². The Morgan fingerprint density at radius 2 is 1.89 bits per heavy atom. The number of rotatable bonds is 4. The van der Waals surface area contributed by atoms with E-state index in [1.807, 2.05) is 6.92 Å². The van der Waals surface area contributed by atoms with Crippen LogP contribution in [0.2, 0.25) is 0 Å². The van der Waals surface area contributed by atoms with Gasteiger partial charge in [0.2, 0.25) is 0 Å². The molecule has 0 amide bonds. The molecule has 0 spiro atoms. The molecule has 0 aliphatic rings. The molecule has 1 heterocycles. The van der Waals surface area contributed by atoms with Crippen LogP contribution >= 0.6 is 11.6 Å². The summed E-state index contributed by atoms with van der Waals surface area (Å²) in [6.45, 7) is 9.21. The fourth-order valence-corrected chi connectivity index (χ4v) is 2.79. The van der Waals surface area contributed by atoms with Crippen LogP contribution in [0.1, 0.15) is 46.8 Å². The van der Waals surface area contributed by atoms with Crippen molar-refractivity contribution in [2.24, 2.45) is 0 Å². The van der Waals surface area contributed by atoms with Crippen molar-refractivity contribution in [1.82, 2.24) is 9.78 Å². The molecule has 19 heavy (non-hydrogen) atoms. The highest BCUT2D eigenvalue weighted by Crippen LogP contribution is 2.29. The Morgan fingerprint density at radius 1 is 1.21 bits per heavy atom. The molecule has 0 fully saturated rings. The predicted octanol–water partition coefficient (Wildman–Crippen LogP) is 4.55. The zero-order valence-corrected chi connectivity index (χ0v) is 12.8. The van der Waals surface area contributed by atoms with Gasteiger partial charge in [-0.15, -0.1) is 11.6 Å². The van der Waals surface area contributed by atoms with Crippen LogP contribution in [0, 0.1) is 20.8 Å². The van der Waals surface area contributed by atoms with Gasteiger partial charge in [0.25, 0.3) is 0 Å². The molecule has 0 aliphatic carbocycles. The summed E-state index contributed by atoms with van der Waals surface area (Å²) in [7, 11) is 0. The molecule has 0 aliphatic heterocycles. The first-order chi connectivity index (χ1) is 9.04. The van der Waals surface area contributed by atoms with Gasteiger partial charge in [-0.05, 0) is 38.3 Å². The van der Waals surface area contributed by atoms with Gasteiger partial charge in [-0.2, -0.15) is 5.10 Å². The third-order valence-corrected chi connectivity index (χ3v) is 4.22. The summed E-state index contributed by atoms with van der Waals surface area (Å²) < 4.78 is 2.07. The van der Waals surface area contributed by atoms with Gasteiger partial charge >= 0.3 is 0 Å². The van der Waals surface area contributed by atoms with Crippen LogP contribution in [0.25, 0.3) is 0 Å². The predicted molar refractivity (Wildman–Crippen MR) is 80.9 cm³/mol. The smallest absolute Gasteiger partial charge is 0.0665 e. The van der Waals surface area contributed by atoms with Crippen LogP contribution in [-0.2, 0) is 6.54 Å². The molecule has 1 atom stereocenters. The van der Waals surface area contributed by atoms with Gasteiger partial charge < -0.3 is 0 Å². The SMILES string of the molecule is CCC(Cl)c1c(C)nn(Cc2ccccc2C)c1C. The van der Waals surface area contributed by atoms with Crippen LogP contribution in [-0.4, -0.2) is 9.78 Å². The highest BCUT2D eigenvalue weighted by molar-refractivity contribution is 6.20. The van der Waals surface area contributed by atoms with E-state index < -0.39 is 0 Å². The van der Waals surface area contributed by atoms with Crippen molar-refractivity contribution in [2.45, 2.75) is 46.0 Å². The quantitative estimate of drug-likeness (QED) is 0.749. The standard InChI is InChI=1S/C16H21ClN2/c1-5-15(17)16-12(3)18-19(13(16)4)10-14-9-7-6-8-11(14)2/h6-9,15H,5,10H2,1-4H3. The molecule has 2 nitrogen and oxygen atoms in total. The highest BCUT2D eigenvalue weighted by Gasteiger charge is 2.17. The van der Waals surface area contributed by atoms with E-state index in [2.05, 4.69) is 54.8 Å². The van der Waals surface area contributed by atoms with Gasteiger partial charge in [0.05, 0.1) is 17.6 Å². The minimum Gasteiger partial charge on any atom is -0.265 e. The van der Waals surface area contributed by atoms with Gasteiger partial charge in [-0.25, -0.2) is 0 Å². The summed E-state index contributed by atoms with van der Waals surface area (Å²) >= 11 is 6.40. The van der Waals surface area contributed by atoms with E-state index in [1.54, 1.807) is 0 Å². The largest absolute Gasteiger partial charge is 0.265 e. The highest BCUT2D eigenvalue weighted by atomic mass is 35.5. The Balaban J connectivity index is 2.35. The molecule has 1 aromatic carbocycles. The lowest BCUT2D eigenvalue weighted by Gasteiger charge is -2.10. The third-order valence-electron chi connectivity index (χ3n) is 3.69. The van der Waals surface area contributed by atoms with Crippen molar-refractivity contribution in [3.05, 3.63) is 52.3 Å². The number of halogens is 1. The molecule has 102 valence electrons. The summed E-state index contributed by atoms with van der Waals surface area (Å²) in [5, 5.41) is 4.71. The van der Waals surface area contributed by atoms with E-state index in [-0.39, 0.29) is 5.38 Å². The Labute approximate surface area is 120 Å². The Hall–Kier alpha value is -1.28. The molecule has 1 aromatic heterocycles. The number of aryl methyl sites for hydroxylation is 2. The van der Waals surface area contributed by atoms with Crippen molar-refractivity contribution < 1.29 is 0 Å². The van der Waals surface area contributed by atoms with Crippen molar-refractivity contribution in [1.29, 1.82) is 0 Å². The number of benzene rings is 1. The average Bonchev–Trinajstić information content (AvgIpc) is 2.66. The fourth-order valence-electron chi connectivity index (χ4n) is 2.47. The number of alkyl halides is 1. The second-order valence-corrected chi connectivity index (χ2v) is 5.57. The minimum atomic E-state index is 0.0608. The van der Waals surface area contributed by atoms with Crippen LogP contribution < -0.4 is 0 Å². The van der Waals surface area contributed by atoms with Crippen LogP contribution in [0.4, 0.5) is 0 Å². The van der Waals surface area contributed by atoms with Gasteiger partial charge in [0.1, 0.15) is 0 Å². The first kappa shape index (κ1) is 14.1. The normalized spacial score (nSPS) is 12.7. The average molecular weight is 277 g/mol. The first-order valence-corrected chi connectivity index (χ1v) is 7.20. The summed E-state index contributed by atoms with van der Waals surface area (Å²) in [5.74, 6) is 0. The zero-order chi connectivity index (χ0) is 14.0. The first-order valence-electron chi connectivity index (χ1n) is 6.77. The summed E-state index contributed by atoms with van der Waals surface area (Å²) in [5.41, 5.74) is 6.03. The van der Waals surface area contributed by atoms with E-state index in [1.165, 1.54) is 22.4 Å². The molecule has 0 saturated heterocycles. The van der Waals surface area contributed by atoms with Crippen molar-refractivity contribution >= 4 is 11.6 Å². The maximum atomic E-state index is 6.40. The lowest BCUT2D eigenvalue weighted by molar-refractivity contribution is 0.655. The molecule has 0 saturated carbocycles. The van der Waals surface area contributed by atoms with Crippen LogP contribution in [0.5, 0.6) is 0 Å². The van der Waals surface area contributed by atoms with Crippen LogP contribution in [0.15, 0.2) is 24.3 Å². The Bertz CT molecular complexity index is 572. The third kappa shape index (κ3) is 2.84. The number of hydrogen-bond donors (Lipinski definition) is 0. The second-order valence-electron chi connectivity index (χ2n) is 5.04. The molecule has 0 radical (unpaired) electrons. The lowest BCUT2D eigenvalue weighted by atomic mass is 10.1. The van der Waals surface area contributed by atoms with Gasteiger partial charge in [0, 0.05) is 11.3 Å². The van der Waals surface area contributed by atoms with E-state index in [4.69, 9.17) is 11.6 Å². The summed E-state index contributed by atoms with van der Waals surface area (Å²) in [6, 6.07) is 8.43. The summed E-state index contributed by atoms with van der Waals surface area (Å²) in [4.78, 5) is 0. The number of hydrogen-bond acceptors (Lipinski definition) is 1. The molecule has 2 rings (SSSR count). The molecule has 0 bridgehead atoms. The molecule has 2 aromatic rings. The van der Waals surface area contributed by atoms with Gasteiger partial charge in [-0.1, -0.05) is 31.2 Å². The van der Waals surface area contributed by atoms with Crippen molar-refractivity contribution in [3.63, 3.8) is 0 Å². The van der Waals surface area contributed by atoms with Crippen molar-refractivity contribution in [2.75, 3.05) is 0 Å². The van der Waals surface area contributed by atoms with Gasteiger partial charge in [-0.3, -0.25) is 4.68 Å². The molecule has 0 N–H and O–H groups in total. The molecular formula is C16H21ClN2. The monoisotopic (exact) mass is 276 g/mol. The molecule has 3 heteroatoms. The second kappa shape index (κ2) is 5.79. The van der Waals surface area contributed by atoms with Crippen molar-refractivity contribution in [3.8, 4) is 0 Å². The Kier molecular flexibility index (Phi) is 4.31. The number of nitrogens with zero attached hydrogens (tertiary/aromatic N) is 2. The molecular weight excluding hydrogens is 256 g/mol. The maximum Gasteiger partial charge on any atom is 0.0665 e. The topological polar surface area (TPSA) is 17.8 Å². The summed E-state index contributed by atoms with van der Waals surface area (Å²) in [6.07, 6.45) is 0.930. The molecule has 1 unspecified atom stereocenters. The van der Waals surface area contributed by atoms with E-state index >= 15 is 0 Å². The fraction of sp³-hybridized carbons (Fsp3) is 0.438. The maximum absolute atomic E-state index is 6.40. The lowest BCUT2D eigenvalue weighted by Crippen LogP contribution is -2.05. The number of aromatic nitrogens is 2. The van der Waals surface area contributed by atoms with E-state index in [0.29, 0.717) is 0 Å². The van der Waals surface area contributed by atoms with E-state index in [0.717, 1.165) is 18.7 Å². The minimum absolute atomic E-state index is 0.0608. The zero-order valence-electron chi connectivity index (χ0n) is 12.1. The van der Waals surface area contributed by atoms with Crippen LogP contribution in [0.3, 0.4) is 0 Å². The van der Waals surface area contributed by atoms with Gasteiger partial charge in [0.15, 0.2) is 0 Å².